The van der Waals surface area contributed by atoms with Crippen LogP contribution in [0, 0.1) is 32.5 Å². The number of carbonyl (C=O) groups excluding carboxylic acids is 2. The molecule has 1 atom stereocenters. The molecule has 6 nitrogen and oxygen atoms in total. The monoisotopic (exact) mass is 415 g/mol. The fourth-order valence-electron chi connectivity index (χ4n) is 4.09. The molecule has 0 bridgehead atoms. The van der Waals surface area contributed by atoms with Gasteiger partial charge in [-0.15, -0.1) is 0 Å². The molecule has 0 unspecified atom stereocenters. The highest BCUT2D eigenvalue weighted by atomic mass is 19.1. The molecule has 162 valence electrons. The van der Waals surface area contributed by atoms with Crippen molar-refractivity contribution in [3.63, 3.8) is 0 Å². The molecule has 7 heteroatoms. The summed E-state index contributed by atoms with van der Waals surface area (Å²) in [5, 5.41) is 6.80. The van der Waals surface area contributed by atoms with Crippen LogP contribution >= 0.6 is 0 Å². The summed E-state index contributed by atoms with van der Waals surface area (Å²) in [6.45, 7) is 7.01. The van der Waals surface area contributed by atoms with Crippen molar-refractivity contribution in [3.05, 3.63) is 46.6 Å². The van der Waals surface area contributed by atoms with E-state index in [-0.39, 0.29) is 17.6 Å². The molecule has 0 saturated carbocycles. The van der Waals surface area contributed by atoms with Gasteiger partial charge in [-0.05, 0) is 76.1 Å². The normalized spacial score (nSPS) is 16.5. The lowest BCUT2D eigenvalue weighted by atomic mass is 9.92. The van der Waals surface area contributed by atoms with Crippen LogP contribution < -0.4 is 5.32 Å². The Hall–Kier alpha value is -2.70. The number of benzene rings is 1. The second-order valence-electron chi connectivity index (χ2n) is 8.20. The number of hydrogen-bond donors (Lipinski definition) is 1. The average Bonchev–Trinajstić information content (AvgIpc) is 3.04. The number of nitrogens with zero attached hydrogens (tertiary/aromatic N) is 2. The fraction of sp³-hybridized carbons (Fsp3) is 0.522. The standard InChI is InChI=1S/C23H30FN3O3/c1-15-13-19(24)7-9-21(15)25-22(28)10-6-18-5-4-12-27(14-18)23(29)11-8-20-16(2)26-30-17(20)3/h7,9,13,18H,4-6,8,10-12,14H2,1-3H3,(H,25,28)/t18-/m1/s1. The number of likely N-dealkylation sites (tertiary alicyclic amines) is 1. The Kier molecular flexibility index (Phi) is 7.24. The summed E-state index contributed by atoms with van der Waals surface area (Å²) in [5.41, 5.74) is 3.21. The van der Waals surface area contributed by atoms with Crippen molar-refractivity contribution in [3.8, 4) is 0 Å². The van der Waals surface area contributed by atoms with Crippen LogP contribution in [-0.2, 0) is 16.0 Å². The fourth-order valence-corrected chi connectivity index (χ4v) is 4.09. The van der Waals surface area contributed by atoms with Gasteiger partial charge < -0.3 is 14.7 Å². The summed E-state index contributed by atoms with van der Waals surface area (Å²) in [7, 11) is 0. The van der Waals surface area contributed by atoms with Crippen LogP contribution in [0.4, 0.5) is 10.1 Å². The van der Waals surface area contributed by atoms with E-state index in [1.807, 2.05) is 18.7 Å². The molecule has 2 heterocycles. The number of amides is 2. The Morgan fingerprint density at radius 2 is 2.07 bits per heavy atom. The van der Waals surface area contributed by atoms with Gasteiger partial charge in [0.2, 0.25) is 11.8 Å². The summed E-state index contributed by atoms with van der Waals surface area (Å²) in [6.07, 6.45) is 4.19. The van der Waals surface area contributed by atoms with Crippen LogP contribution in [0.5, 0.6) is 0 Å². The van der Waals surface area contributed by atoms with Crippen molar-refractivity contribution in [1.29, 1.82) is 0 Å². The van der Waals surface area contributed by atoms with Gasteiger partial charge in [0, 0.05) is 37.2 Å². The minimum absolute atomic E-state index is 0.0773. The molecule has 2 amide bonds. The predicted octanol–water partition coefficient (Wildman–Crippen LogP) is 4.33. The Morgan fingerprint density at radius 1 is 1.27 bits per heavy atom. The molecule has 1 N–H and O–H groups in total. The number of aryl methyl sites for hydroxylation is 3. The highest BCUT2D eigenvalue weighted by Gasteiger charge is 2.24. The number of carbonyl (C=O) groups is 2. The third-order valence-corrected chi connectivity index (χ3v) is 5.88. The molecule has 1 fully saturated rings. The summed E-state index contributed by atoms with van der Waals surface area (Å²) in [6, 6.07) is 4.33. The molecule has 0 radical (unpaired) electrons. The first-order valence-corrected chi connectivity index (χ1v) is 10.6. The quantitative estimate of drug-likeness (QED) is 0.730. The van der Waals surface area contributed by atoms with Crippen LogP contribution in [0.1, 0.15) is 54.7 Å². The summed E-state index contributed by atoms with van der Waals surface area (Å²) in [5.74, 6) is 0.852. The van der Waals surface area contributed by atoms with Gasteiger partial charge in [-0.3, -0.25) is 9.59 Å². The van der Waals surface area contributed by atoms with Gasteiger partial charge in [-0.2, -0.15) is 0 Å². The molecule has 2 aromatic rings. The first kappa shape index (κ1) is 22.0. The zero-order chi connectivity index (χ0) is 21.7. The molecule has 1 saturated heterocycles. The third-order valence-electron chi connectivity index (χ3n) is 5.88. The maximum absolute atomic E-state index is 13.2. The van der Waals surface area contributed by atoms with Crippen molar-refractivity contribution < 1.29 is 18.5 Å². The number of nitrogens with one attached hydrogen (secondary N) is 1. The SMILES string of the molecule is Cc1cc(F)ccc1NC(=O)CC[C@H]1CCCN(C(=O)CCc2c(C)noc2C)C1. The lowest BCUT2D eigenvalue weighted by molar-refractivity contribution is -0.133. The molecule has 1 aliphatic rings. The molecule has 1 aromatic carbocycles. The highest BCUT2D eigenvalue weighted by Crippen LogP contribution is 2.23. The van der Waals surface area contributed by atoms with Gasteiger partial charge in [0.25, 0.3) is 0 Å². The van der Waals surface area contributed by atoms with Crippen molar-refractivity contribution in [2.24, 2.45) is 5.92 Å². The van der Waals surface area contributed by atoms with Crippen LogP contribution in [0.15, 0.2) is 22.7 Å². The number of piperidine rings is 1. The number of aromatic nitrogens is 1. The number of rotatable bonds is 7. The van der Waals surface area contributed by atoms with Gasteiger partial charge in [-0.1, -0.05) is 5.16 Å². The van der Waals surface area contributed by atoms with E-state index in [2.05, 4.69) is 10.5 Å². The van der Waals surface area contributed by atoms with E-state index in [0.717, 1.165) is 42.8 Å². The largest absolute Gasteiger partial charge is 0.361 e. The molecule has 0 aliphatic carbocycles. The Labute approximate surface area is 176 Å². The van der Waals surface area contributed by atoms with Crippen molar-refractivity contribution in [2.45, 2.75) is 59.3 Å². The van der Waals surface area contributed by atoms with Crippen LogP contribution in [0.2, 0.25) is 0 Å². The molecule has 3 rings (SSSR count). The molecule has 1 aliphatic heterocycles. The summed E-state index contributed by atoms with van der Waals surface area (Å²) in [4.78, 5) is 26.9. The van der Waals surface area contributed by atoms with Gasteiger partial charge in [0.1, 0.15) is 11.6 Å². The number of hydrogen-bond acceptors (Lipinski definition) is 4. The van der Waals surface area contributed by atoms with E-state index in [1.54, 1.807) is 13.0 Å². The zero-order valence-electron chi connectivity index (χ0n) is 18.0. The van der Waals surface area contributed by atoms with Crippen molar-refractivity contribution in [2.75, 3.05) is 18.4 Å². The third kappa shape index (κ3) is 5.68. The first-order valence-electron chi connectivity index (χ1n) is 10.6. The average molecular weight is 416 g/mol. The van der Waals surface area contributed by atoms with Crippen LogP contribution in [-0.4, -0.2) is 35.0 Å². The Morgan fingerprint density at radius 3 is 2.77 bits per heavy atom. The minimum atomic E-state index is -0.313. The van der Waals surface area contributed by atoms with E-state index in [4.69, 9.17) is 4.52 Å². The molecule has 30 heavy (non-hydrogen) atoms. The molecule has 1 aromatic heterocycles. The van der Waals surface area contributed by atoms with E-state index in [9.17, 15) is 14.0 Å². The first-order chi connectivity index (χ1) is 14.3. The van der Waals surface area contributed by atoms with E-state index in [1.165, 1.54) is 12.1 Å². The topological polar surface area (TPSA) is 75.4 Å². The lowest BCUT2D eigenvalue weighted by Crippen LogP contribution is -2.40. The van der Waals surface area contributed by atoms with Gasteiger partial charge >= 0.3 is 0 Å². The van der Waals surface area contributed by atoms with E-state index >= 15 is 0 Å². The molecule has 0 spiro atoms. The van der Waals surface area contributed by atoms with Crippen molar-refractivity contribution in [1.82, 2.24) is 10.1 Å². The maximum Gasteiger partial charge on any atom is 0.224 e. The van der Waals surface area contributed by atoms with E-state index in [0.29, 0.717) is 43.0 Å². The Balaban J connectivity index is 1.45. The van der Waals surface area contributed by atoms with Crippen LogP contribution in [0.25, 0.3) is 0 Å². The minimum Gasteiger partial charge on any atom is -0.361 e. The van der Waals surface area contributed by atoms with Crippen molar-refractivity contribution >= 4 is 17.5 Å². The molecular formula is C23H30FN3O3. The second-order valence-corrected chi connectivity index (χ2v) is 8.20. The smallest absolute Gasteiger partial charge is 0.224 e. The molecular weight excluding hydrogens is 385 g/mol. The van der Waals surface area contributed by atoms with Gasteiger partial charge in [0.05, 0.1) is 5.69 Å². The zero-order valence-corrected chi connectivity index (χ0v) is 18.0. The van der Waals surface area contributed by atoms with E-state index < -0.39 is 0 Å². The summed E-state index contributed by atoms with van der Waals surface area (Å²) < 4.78 is 18.4. The Bertz CT molecular complexity index is 890. The predicted molar refractivity (Wildman–Crippen MR) is 113 cm³/mol. The highest BCUT2D eigenvalue weighted by molar-refractivity contribution is 5.91. The second kappa shape index (κ2) is 9.87. The lowest BCUT2D eigenvalue weighted by Gasteiger charge is -2.33. The van der Waals surface area contributed by atoms with Gasteiger partial charge in [-0.25, -0.2) is 4.39 Å². The number of halogens is 1. The van der Waals surface area contributed by atoms with Crippen LogP contribution in [0.3, 0.4) is 0 Å². The summed E-state index contributed by atoms with van der Waals surface area (Å²) >= 11 is 0. The van der Waals surface area contributed by atoms with Gasteiger partial charge in [0.15, 0.2) is 0 Å². The number of anilines is 1. The maximum atomic E-state index is 13.2.